The van der Waals surface area contributed by atoms with Gasteiger partial charge in [-0.2, -0.15) is 0 Å². The lowest BCUT2D eigenvalue weighted by Gasteiger charge is -2.33. The van der Waals surface area contributed by atoms with E-state index >= 15 is 0 Å². The van der Waals surface area contributed by atoms with Crippen molar-refractivity contribution in [1.29, 1.82) is 0 Å². The van der Waals surface area contributed by atoms with Gasteiger partial charge in [-0.15, -0.1) is 0 Å². The highest BCUT2D eigenvalue weighted by molar-refractivity contribution is 4.76. The molecule has 2 heteroatoms. The number of rotatable bonds is 3. The molecule has 2 nitrogen and oxygen atoms in total. The zero-order valence-electron chi connectivity index (χ0n) is 10.5. The maximum absolute atomic E-state index is 9.09. The topological polar surface area (TPSA) is 29.5 Å². The van der Waals surface area contributed by atoms with Gasteiger partial charge in [-0.3, -0.25) is 0 Å². The fraction of sp³-hybridized carbons (Fsp3) is 1.00. The minimum absolute atomic E-state index is 0.369. The smallest absolute Gasteiger partial charge is 0.0579 e. The van der Waals surface area contributed by atoms with Gasteiger partial charge in [0.25, 0.3) is 0 Å². The first kappa shape index (κ1) is 12.4. The Labute approximate surface area is 99.4 Å². The first-order valence-electron chi connectivity index (χ1n) is 7.04. The Bertz CT molecular complexity index is 189. The molecule has 0 amide bonds. The van der Waals surface area contributed by atoms with Crippen LogP contribution < -0.4 is 0 Å². The van der Waals surface area contributed by atoms with Crippen molar-refractivity contribution in [2.75, 3.05) is 6.61 Å². The van der Waals surface area contributed by atoms with Crippen molar-refractivity contribution in [3.05, 3.63) is 0 Å². The Kier molecular flexibility index (Phi) is 4.66. The number of ether oxygens (including phenoxy) is 1. The van der Waals surface area contributed by atoms with Crippen LogP contribution in [-0.2, 0) is 4.74 Å². The molecule has 94 valence electrons. The van der Waals surface area contributed by atoms with Gasteiger partial charge in [-0.05, 0) is 63.2 Å². The number of hydrogen-bond acceptors (Lipinski definition) is 2. The van der Waals surface area contributed by atoms with E-state index in [0.717, 1.165) is 31.6 Å². The fourth-order valence-electron chi connectivity index (χ4n) is 3.09. The lowest BCUT2D eigenvalue weighted by molar-refractivity contribution is -0.0579. The van der Waals surface area contributed by atoms with Crippen LogP contribution in [0.4, 0.5) is 0 Å². The van der Waals surface area contributed by atoms with Crippen molar-refractivity contribution in [3.63, 3.8) is 0 Å². The fourth-order valence-corrected chi connectivity index (χ4v) is 3.09. The lowest BCUT2D eigenvalue weighted by Crippen LogP contribution is -2.30. The van der Waals surface area contributed by atoms with Crippen LogP contribution in [0.3, 0.4) is 0 Å². The number of hydrogen-bond donors (Lipinski definition) is 1. The van der Waals surface area contributed by atoms with Gasteiger partial charge in [0.1, 0.15) is 0 Å². The molecule has 2 aliphatic carbocycles. The van der Waals surface area contributed by atoms with Crippen molar-refractivity contribution in [1.82, 2.24) is 0 Å². The summed E-state index contributed by atoms with van der Waals surface area (Å²) in [6, 6.07) is 0. The molecule has 0 saturated heterocycles. The summed E-state index contributed by atoms with van der Waals surface area (Å²) >= 11 is 0. The molecule has 0 aromatic carbocycles. The van der Waals surface area contributed by atoms with Crippen LogP contribution in [0.25, 0.3) is 0 Å². The second-order valence-corrected chi connectivity index (χ2v) is 5.84. The van der Waals surface area contributed by atoms with E-state index < -0.39 is 0 Å². The van der Waals surface area contributed by atoms with E-state index in [4.69, 9.17) is 9.84 Å². The predicted molar refractivity (Wildman–Crippen MR) is 65.3 cm³/mol. The third-order valence-corrected chi connectivity index (χ3v) is 4.40. The second-order valence-electron chi connectivity index (χ2n) is 5.84. The largest absolute Gasteiger partial charge is 0.396 e. The van der Waals surface area contributed by atoms with Gasteiger partial charge in [0, 0.05) is 6.61 Å². The van der Waals surface area contributed by atoms with Gasteiger partial charge in [-0.1, -0.05) is 6.92 Å². The summed E-state index contributed by atoms with van der Waals surface area (Å²) in [5.74, 6) is 1.45. The summed E-state index contributed by atoms with van der Waals surface area (Å²) in [5, 5.41) is 9.09. The normalized spacial score (nSPS) is 40.9. The Morgan fingerprint density at radius 1 is 0.875 bits per heavy atom. The summed E-state index contributed by atoms with van der Waals surface area (Å²) in [4.78, 5) is 0. The molecule has 16 heavy (non-hydrogen) atoms. The van der Waals surface area contributed by atoms with Crippen LogP contribution in [0.2, 0.25) is 0 Å². The van der Waals surface area contributed by atoms with Gasteiger partial charge >= 0.3 is 0 Å². The van der Waals surface area contributed by atoms with Crippen LogP contribution >= 0.6 is 0 Å². The van der Waals surface area contributed by atoms with E-state index in [1.807, 2.05) is 0 Å². The number of aliphatic hydroxyl groups excluding tert-OH is 1. The van der Waals surface area contributed by atoms with Crippen molar-refractivity contribution < 1.29 is 9.84 Å². The highest BCUT2D eigenvalue weighted by atomic mass is 16.5. The van der Waals surface area contributed by atoms with Crippen molar-refractivity contribution in [3.8, 4) is 0 Å². The first-order chi connectivity index (χ1) is 7.78. The Balaban J connectivity index is 1.66. The zero-order valence-corrected chi connectivity index (χ0v) is 10.5. The van der Waals surface area contributed by atoms with Crippen molar-refractivity contribution >= 4 is 0 Å². The van der Waals surface area contributed by atoms with E-state index in [1.165, 1.54) is 25.7 Å². The monoisotopic (exact) mass is 226 g/mol. The van der Waals surface area contributed by atoms with Gasteiger partial charge in [-0.25, -0.2) is 0 Å². The van der Waals surface area contributed by atoms with E-state index in [9.17, 15) is 0 Å². The van der Waals surface area contributed by atoms with E-state index in [-0.39, 0.29) is 0 Å². The lowest BCUT2D eigenvalue weighted by atomic mass is 9.86. The Morgan fingerprint density at radius 3 is 1.88 bits per heavy atom. The average Bonchev–Trinajstić information content (AvgIpc) is 2.33. The van der Waals surface area contributed by atoms with Gasteiger partial charge in [0.2, 0.25) is 0 Å². The molecule has 0 heterocycles. The maximum atomic E-state index is 9.09. The van der Waals surface area contributed by atoms with Gasteiger partial charge < -0.3 is 9.84 Å². The molecule has 2 saturated carbocycles. The minimum atomic E-state index is 0.369. The average molecular weight is 226 g/mol. The highest BCUT2D eigenvalue weighted by Gasteiger charge is 2.25. The third-order valence-electron chi connectivity index (χ3n) is 4.40. The molecule has 2 aliphatic rings. The molecule has 0 aliphatic heterocycles. The van der Waals surface area contributed by atoms with Gasteiger partial charge in [0.05, 0.1) is 12.2 Å². The summed E-state index contributed by atoms with van der Waals surface area (Å²) in [6.07, 6.45) is 10.9. The molecule has 0 bridgehead atoms. The van der Waals surface area contributed by atoms with E-state index in [2.05, 4.69) is 6.92 Å². The zero-order chi connectivity index (χ0) is 11.4. The quantitative estimate of drug-likeness (QED) is 0.801. The van der Waals surface area contributed by atoms with Crippen LogP contribution in [0.15, 0.2) is 0 Å². The van der Waals surface area contributed by atoms with Crippen molar-refractivity contribution in [2.24, 2.45) is 11.8 Å². The maximum Gasteiger partial charge on any atom is 0.0579 e. The highest BCUT2D eigenvalue weighted by Crippen LogP contribution is 2.31. The molecule has 0 unspecified atom stereocenters. The van der Waals surface area contributed by atoms with Crippen LogP contribution in [0.5, 0.6) is 0 Å². The van der Waals surface area contributed by atoms with E-state index in [1.54, 1.807) is 0 Å². The summed E-state index contributed by atoms with van der Waals surface area (Å²) in [6.45, 7) is 2.72. The molecule has 0 aromatic rings. The predicted octanol–water partition coefficient (Wildman–Crippen LogP) is 3.13. The molecule has 2 fully saturated rings. The third kappa shape index (κ3) is 3.46. The molecule has 0 spiro atoms. The first-order valence-corrected chi connectivity index (χ1v) is 7.04. The van der Waals surface area contributed by atoms with Crippen LogP contribution in [-0.4, -0.2) is 23.9 Å². The van der Waals surface area contributed by atoms with Crippen LogP contribution in [0.1, 0.15) is 58.3 Å². The molecule has 0 aromatic heterocycles. The second kappa shape index (κ2) is 6.02. The SMILES string of the molecule is CC1CCC(OC2CCC(CO)CC2)CC1. The minimum Gasteiger partial charge on any atom is -0.396 e. The molecule has 0 radical (unpaired) electrons. The Morgan fingerprint density at radius 2 is 1.38 bits per heavy atom. The molecule has 1 N–H and O–H groups in total. The molecule has 0 atom stereocenters. The summed E-state index contributed by atoms with van der Waals surface area (Å²) in [5.41, 5.74) is 0. The van der Waals surface area contributed by atoms with Crippen molar-refractivity contribution in [2.45, 2.75) is 70.5 Å². The summed E-state index contributed by atoms with van der Waals surface area (Å²) < 4.78 is 6.19. The molecule has 2 rings (SSSR count). The van der Waals surface area contributed by atoms with E-state index in [0.29, 0.717) is 24.7 Å². The van der Waals surface area contributed by atoms with Gasteiger partial charge in [0.15, 0.2) is 0 Å². The molecular formula is C14H26O2. The summed E-state index contributed by atoms with van der Waals surface area (Å²) in [7, 11) is 0. The standard InChI is InChI=1S/C14H26O2/c1-11-2-6-13(7-3-11)16-14-8-4-12(10-15)5-9-14/h11-15H,2-10H2,1H3. The Hall–Kier alpha value is -0.0800. The molecular weight excluding hydrogens is 200 g/mol. The number of aliphatic hydroxyl groups is 1. The van der Waals surface area contributed by atoms with Crippen LogP contribution in [0, 0.1) is 11.8 Å².